The summed E-state index contributed by atoms with van der Waals surface area (Å²) < 4.78 is 1.69. The van der Waals surface area contributed by atoms with Gasteiger partial charge in [0.15, 0.2) is 5.13 Å². The minimum absolute atomic E-state index is 0.264. The second kappa shape index (κ2) is 7.12. The zero-order valence-electron chi connectivity index (χ0n) is 13.6. The van der Waals surface area contributed by atoms with Gasteiger partial charge in [0.2, 0.25) is 0 Å². The van der Waals surface area contributed by atoms with Crippen LogP contribution in [-0.4, -0.2) is 38.7 Å². The lowest BCUT2D eigenvalue weighted by molar-refractivity contribution is 0.102. The van der Waals surface area contributed by atoms with Gasteiger partial charge in [-0.25, -0.2) is 9.67 Å². The van der Waals surface area contributed by atoms with E-state index in [-0.39, 0.29) is 5.91 Å². The molecule has 4 heterocycles. The minimum atomic E-state index is -0.264. The van der Waals surface area contributed by atoms with Crippen LogP contribution in [0.4, 0.5) is 5.13 Å². The second-order valence-electron chi connectivity index (χ2n) is 5.90. The van der Waals surface area contributed by atoms with E-state index < -0.39 is 0 Å². The molecule has 1 saturated heterocycles. The number of amides is 1. The van der Waals surface area contributed by atoms with E-state index in [2.05, 4.69) is 25.7 Å². The largest absolute Gasteiger partial charge is 0.317 e. The number of piperidine rings is 1. The number of aromatic nitrogens is 4. The van der Waals surface area contributed by atoms with Gasteiger partial charge in [0.05, 0.1) is 5.69 Å². The summed E-state index contributed by atoms with van der Waals surface area (Å²) in [5.74, 6) is 0.269. The van der Waals surface area contributed by atoms with Crippen molar-refractivity contribution < 1.29 is 4.79 Å². The van der Waals surface area contributed by atoms with Gasteiger partial charge in [0.25, 0.3) is 5.91 Å². The molecule has 0 aromatic carbocycles. The van der Waals surface area contributed by atoms with Crippen molar-refractivity contribution in [3.05, 3.63) is 53.6 Å². The van der Waals surface area contributed by atoms with Crippen LogP contribution in [0.15, 0.2) is 43.0 Å². The van der Waals surface area contributed by atoms with E-state index in [9.17, 15) is 4.79 Å². The van der Waals surface area contributed by atoms with Crippen LogP contribution < -0.4 is 10.6 Å². The van der Waals surface area contributed by atoms with Gasteiger partial charge in [-0.1, -0.05) is 0 Å². The molecule has 2 N–H and O–H groups in total. The van der Waals surface area contributed by atoms with Crippen LogP contribution in [0.5, 0.6) is 0 Å². The Morgan fingerprint density at radius 2 is 2.16 bits per heavy atom. The molecule has 0 saturated carbocycles. The van der Waals surface area contributed by atoms with Gasteiger partial charge in [-0.15, -0.1) is 11.3 Å². The van der Waals surface area contributed by atoms with Crippen LogP contribution in [0.1, 0.15) is 34.1 Å². The number of hydrogen-bond donors (Lipinski definition) is 2. The molecule has 0 radical (unpaired) electrons. The summed E-state index contributed by atoms with van der Waals surface area (Å²) in [5.41, 5.74) is 1.13. The van der Waals surface area contributed by atoms with Crippen LogP contribution in [0, 0.1) is 0 Å². The first-order valence-corrected chi connectivity index (χ1v) is 9.05. The molecule has 0 atom stereocenters. The highest BCUT2D eigenvalue weighted by atomic mass is 32.1. The van der Waals surface area contributed by atoms with Gasteiger partial charge in [-0.05, 0) is 50.0 Å². The summed E-state index contributed by atoms with van der Waals surface area (Å²) in [7, 11) is 0. The number of nitrogens with zero attached hydrogens (tertiary/aromatic N) is 4. The number of carbonyl (C=O) groups is 1. The summed E-state index contributed by atoms with van der Waals surface area (Å²) >= 11 is 1.55. The van der Waals surface area contributed by atoms with Crippen molar-refractivity contribution >= 4 is 22.4 Å². The van der Waals surface area contributed by atoms with Gasteiger partial charge in [-0.2, -0.15) is 5.10 Å². The molecule has 4 rings (SSSR count). The lowest BCUT2D eigenvalue weighted by Gasteiger charge is -2.20. The van der Waals surface area contributed by atoms with Gasteiger partial charge in [0, 0.05) is 29.7 Å². The fourth-order valence-electron chi connectivity index (χ4n) is 2.91. The molecule has 1 fully saturated rings. The Balaban J connectivity index is 1.47. The summed E-state index contributed by atoms with van der Waals surface area (Å²) in [4.78, 5) is 22.2. The van der Waals surface area contributed by atoms with Crippen LogP contribution in [0.25, 0.3) is 5.69 Å². The number of hydrogen-bond acceptors (Lipinski definition) is 6. The van der Waals surface area contributed by atoms with Gasteiger partial charge < -0.3 is 5.32 Å². The summed E-state index contributed by atoms with van der Waals surface area (Å²) in [6, 6.07) is 5.35. The summed E-state index contributed by atoms with van der Waals surface area (Å²) in [6.07, 6.45) is 9.23. The lowest BCUT2D eigenvalue weighted by atomic mass is 9.97. The van der Waals surface area contributed by atoms with E-state index in [0.29, 0.717) is 16.7 Å². The van der Waals surface area contributed by atoms with E-state index in [1.807, 2.05) is 24.5 Å². The smallest absolute Gasteiger partial charge is 0.276 e. The first-order chi connectivity index (χ1) is 12.3. The summed E-state index contributed by atoms with van der Waals surface area (Å²) in [5, 5.41) is 11.0. The maximum Gasteiger partial charge on any atom is 0.276 e. The molecule has 1 aliphatic heterocycles. The van der Waals surface area contributed by atoms with E-state index >= 15 is 0 Å². The maximum absolute atomic E-state index is 12.5. The minimum Gasteiger partial charge on any atom is -0.317 e. The van der Waals surface area contributed by atoms with E-state index in [4.69, 9.17) is 0 Å². The lowest BCUT2D eigenvalue weighted by Crippen LogP contribution is -2.26. The molecule has 1 amide bonds. The average molecular weight is 354 g/mol. The standard InChI is InChI=1S/C17H18N6OS/c24-16(14-10-13(4-8-19-14)23-9-1-5-21-23)22-17-20-11-15(25-17)12-2-6-18-7-3-12/h1,4-5,8-12,18H,2-3,6-7H2,(H,20,22,24). The normalized spacial score (nSPS) is 15.2. The molecule has 0 aliphatic carbocycles. The number of rotatable bonds is 4. The van der Waals surface area contributed by atoms with Gasteiger partial charge >= 0.3 is 0 Å². The van der Waals surface area contributed by atoms with Crippen molar-refractivity contribution in [3.63, 3.8) is 0 Å². The third-order valence-electron chi connectivity index (χ3n) is 4.23. The van der Waals surface area contributed by atoms with Crippen LogP contribution >= 0.6 is 11.3 Å². The third kappa shape index (κ3) is 3.59. The van der Waals surface area contributed by atoms with Crippen LogP contribution in [0.3, 0.4) is 0 Å². The average Bonchev–Trinajstić information content (AvgIpc) is 3.35. The molecule has 0 spiro atoms. The van der Waals surface area contributed by atoms with E-state index in [1.165, 1.54) is 4.88 Å². The fourth-order valence-corrected chi connectivity index (χ4v) is 3.89. The molecule has 1 aliphatic rings. The highest BCUT2D eigenvalue weighted by molar-refractivity contribution is 7.15. The van der Waals surface area contributed by atoms with Gasteiger partial charge in [0.1, 0.15) is 5.69 Å². The molecule has 8 heteroatoms. The SMILES string of the molecule is O=C(Nc1ncc(C2CCNCC2)s1)c1cc(-n2cccn2)ccn1. The van der Waals surface area contributed by atoms with Crippen molar-refractivity contribution in [2.45, 2.75) is 18.8 Å². The second-order valence-corrected chi connectivity index (χ2v) is 6.96. The van der Waals surface area contributed by atoms with Gasteiger partial charge in [-0.3, -0.25) is 15.1 Å². The Hall–Kier alpha value is -2.58. The number of carbonyl (C=O) groups excluding carboxylic acids is 1. The van der Waals surface area contributed by atoms with Crippen molar-refractivity contribution in [1.29, 1.82) is 0 Å². The Morgan fingerprint density at radius 1 is 1.28 bits per heavy atom. The van der Waals surface area contributed by atoms with E-state index in [0.717, 1.165) is 31.6 Å². The van der Waals surface area contributed by atoms with Crippen molar-refractivity contribution in [2.24, 2.45) is 0 Å². The molecule has 3 aromatic rings. The molecule has 0 bridgehead atoms. The van der Waals surface area contributed by atoms with Crippen LogP contribution in [-0.2, 0) is 0 Å². The Bertz CT molecular complexity index is 854. The molecule has 3 aromatic heterocycles. The number of thiazole rings is 1. The molecular weight excluding hydrogens is 336 g/mol. The third-order valence-corrected chi connectivity index (χ3v) is 5.31. The quantitative estimate of drug-likeness (QED) is 0.752. The maximum atomic E-state index is 12.5. The summed E-state index contributed by atoms with van der Waals surface area (Å²) in [6.45, 7) is 2.07. The van der Waals surface area contributed by atoms with Crippen molar-refractivity contribution in [3.8, 4) is 5.69 Å². The van der Waals surface area contributed by atoms with E-state index in [1.54, 1.807) is 34.5 Å². The zero-order valence-corrected chi connectivity index (χ0v) is 14.4. The Morgan fingerprint density at radius 3 is 2.96 bits per heavy atom. The van der Waals surface area contributed by atoms with Crippen molar-refractivity contribution in [2.75, 3.05) is 18.4 Å². The predicted octanol–water partition coefficient (Wildman–Crippen LogP) is 2.44. The number of anilines is 1. The molecular formula is C17H18N6OS. The topological polar surface area (TPSA) is 84.7 Å². The zero-order chi connectivity index (χ0) is 17.1. The molecule has 0 unspecified atom stereocenters. The first-order valence-electron chi connectivity index (χ1n) is 8.23. The number of nitrogens with one attached hydrogen (secondary N) is 2. The van der Waals surface area contributed by atoms with Crippen molar-refractivity contribution in [1.82, 2.24) is 25.1 Å². The highest BCUT2D eigenvalue weighted by Crippen LogP contribution is 2.31. The molecule has 7 nitrogen and oxygen atoms in total. The first kappa shape index (κ1) is 15.9. The Labute approximate surface area is 149 Å². The molecule has 128 valence electrons. The monoisotopic (exact) mass is 354 g/mol. The van der Waals surface area contributed by atoms with Crippen LogP contribution in [0.2, 0.25) is 0 Å². The Kier molecular flexibility index (Phi) is 4.53. The fraction of sp³-hybridized carbons (Fsp3) is 0.294. The predicted molar refractivity (Wildman–Crippen MR) is 96.3 cm³/mol. The number of pyridine rings is 1. The molecule has 25 heavy (non-hydrogen) atoms. The highest BCUT2D eigenvalue weighted by Gasteiger charge is 2.19.